The molecule has 0 spiro atoms. The Labute approximate surface area is 176 Å². The molecule has 1 aromatic carbocycles. The van der Waals surface area contributed by atoms with Gasteiger partial charge in [0.15, 0.2) is 5.16 Å². The molecule has 3 aromatic rings. The summed E-state index contributed by atoms with van der Waals surface area (Å²) in [5, 5.41) is 23.4. The lowest BCUT2D eigenvalue weighted by Crippen LogP contribution is -2.27. The number of hydrogen-bond acceptors (Lipinski definition) is 8. The van der Waals surface area contributed by atoms with Crippen LogP contribution in [0.2, 0.25) is 0 Å². The van der Waals surface area contributed by atoms with E-state index in [1.807, 2.05) is 42.8 Å². The molecule has 0 aliphatic rings. The number of nitrogens with zero attached hydrogens (tertiary/aromatic N) is 4. The second-order valence-corrected chi connectivity index (χ2v) is 7.68. The summed E-state index contributed by atoms with van der Waals surface area (Å²) >= 11 is 2.68. The Kier molecular flexibility index (Phi) is 6.41. The second kappa shape index (κ2) is 8.98. The maximum absolute atomic E-state index is 13.0. The van der Waals surface area contributed by atoms with Crippen molar-refractivity contribution >= 4 is 40.0 Å². The van der Waals surface area contributed by atoms with Crippen LogP contribution < -0.4 is 15.8 Å². The van der Waals surface area contributed by atoms with E-state index in [4.69, 9.17) is 10.5 Å². The van der Waals surface area contributed by atoms with Crippen molar-refractivity contribution in [1.82, 2.24) is 14.8 Å². The van der Waals surface area contributed by atoms with Crippen molar-refractivity contribution < 1.29 is 9.53 Å². The number of anilines is 2. The van der Waals surface area contributed by atoms with E-state index in [9.17, 15) is 10.1 Å². The Morgan fingerprint density at radius 2 is 2.14 bits per heavy atom. The summed E-state index contributed by atoms with van der Waals surface area (Å²) < 4.78 is 6.79. The molecule has 2 heterocycles. The Morgan fingerprint density at radius 1 is 1.41 bits per heavy atom. The zero-order valence-corrected chi connectivity index (χ0v) is 17.8. The lowest BCUT2D eigenvalue weighted by Gasteiger charge is -2.18. The first kappa shape index (κ1) is 20.7. The SMILES string of the molecule is CCC(C(=O)Nc1scc(-c2ccc(OC)cc2)c1C#N)n1c(N)nnc1SC. The van der Waals surface area contributed by atoms with Gasteiger partial charge in [-0.05, 0) is 30.4 Å². The zero-order valence-electron chi connectivity index (χ0n) is 16.2. The van der Waals surface area contributed by atoms with E-state index in [0.717, 1.165) is 16.9 Å². The fourth-order valence-electron chi connectivity index (χ4n) is 2.94. The number of thioether (sulfide) groups is 1. The zero-order chi connectivity index (χ0) is 21.0. The predicted molar refractivity (Wildman–Crippen MR) is 115 cm³/mol. The van der Waals surface area contributed by atoms with Gasteiger partial charge in [-0.3, -0.25) is 9.36 Å². The number of nitrogens with one attached hydrogen (secondary N) is 1. The molecule has 8 nitrogen and oxygen atoms in total. The Morgan fingerprint density at radius 3 is 2.72 bits per heavy atom. The second-order valence-electron chi connectivity index (χ2n) is 6.02. The predicted octanol–water partition coefficient (Wildman–Crippen LogP) is 3.78. The number of amides is 1. The molecule has 0 radical (unpaired) electrons. The summed E-state index contributed by atoms with van der Waals surface area (Å²) in [6, 6.07) is 9.05. The van der Waals surface area contributed by atoms with Gasteiger partial charge >= 0.3 is 0 Å². The molecule has 0 aliphatic heterocycles. The lowest BCUT2D eigenvalue weighted by molar-refractivity contribution is -0.119. The highest BCUT2D eigenvalue weighted by atomic mass is 32.2. The van der Waals surface area contributed by atoms with Gasteiger partial charge in [-0.2, -0.15) is 5.26 Å². The van der Waals surface area contributed by atoms with Crippen molar-refractivity contribution in [2.45, 2.75) is 24.5 Å². The first-order chi connectivity index (χ1) is 14.0. The van der Waals surface area contributed by atoms with Crippen LogP contribution in [0.3, 0.4) is 0 Å². The molecule has 29 heavy (non-hydrogen) atoms. The van der Waals surface area contributed by atoms with Crippen LogP contribution in [-0.4, -0.2) is 34.0 Å². The summed E-state index contributed by atoms with van der Waals surface area (Å²) in [7, 11) is 1.60. The number of hydrogen-bond donors (Lipinski definition) is 2. The van der Waals surface area contributed by atoms with Crippen LogP contribution >= 0.6 is 23.1 Å². The van der Waals surface area contributed by atoms with Gasteiger partial charge in [0.05, 0.1) is 12.7 Å². The van der Waals surface area contributed by atoms with Crippen molar-refractivity contribution in [2.75, 3.05) is 24.4 Å². The Balaban J connectivity index is 1.89. The summed E-state index contributed by atoms with van der Waals surface area (Å²) in [4.78, 5) is 13.0. The van der Waals surface area contributed by atoms with Crippen LogP contribution in [0, 0.1) is 11.3 Å². The van der Waals surface area contributed by atoms with Crippen LogP contribution in [0.5, 0.6) is 5.75 Å². The Bertz CT molecular complexity index is 1050. The molecule has 0 saturated heterocycles. The van der Waals surface area contributed by atoms with Crippen LogP contribution in [0.1, 0.15) is 24.9 Å². The number of carbonyl (C=O) groups is 1. The van der Waals surface area contributed by atoms with Gasteiger partial charge < -0.3 is 15.8 Å². The monoisotopic (exact) mass is 428 g/mol. The number of aromatic nitrogens is 3. The highest BCUT2D eigenvalue weighted by Crippen LogP contribution is 2.36. The number of rotatable bonds is 7. The molecular formula is C19H20N6O2S2. The van der Waals surface area contributed by atoms with E-state index in [2.05, 4.69) is 21.6 Å². The number of carbonyl (C=O) groups excluding carboxylic acids is 1. The van der Waals surface area contributed by atoms with Crippen LogP contribution in [-0.2, 0) is 4.79 Å². The number of ether oxygens (including phenoxy) is 1. The van der Waals surface area contributed by atoms with E-state index >= 15 is 0 Å². The van der Waals surface area contributed by atoms with E-state index in [1.54, 1.807) is 11.7 Å². The molecule has 0 fully saturated rings. The third kappa shape index (κ3) is 4.06. The van der Waals surface area contributed by atoms with E-state index in [1.165, 1.54) is 23.1 Å². The molecular weight excluding hydrogens is 408 g/mol. The molecule has 3 rings (SSSR count). The smallest absolute Gasteiger partial charge is 0.248 e. The van der Waals surface area contributed by atoms with Gasteiger partial charge in [-0.25, -0.2) is 0 Å². The lowest BCUT2D eigenvalue weighted by atomic mass is 10.0. The van der Waals surface area contributed by atoms with Gasteiger partial charge in [-0.15, -0.1) is 21.5 Å². The van der Waals surface area contributed by atoms with Gasteiger partial charge in [0.1, 0.15) is 22.9 Å². The minimum atomic E-state index is -0.578. The molecule has 150 valence electrons. The van der Waals surface area contributed by atoms with E-state index in [0.29, 0.717) is 22.1 Å². The summed E-state index contributed by atoms with van der Waals surface area (Å²) in [6.45, 7) is 1.89. The van der Waals surface area contributed by atoms with Gasteiger partial charge in [0, 0.05) is 10.9 Å². The largest absolute Gasteiger partial charge is 0.497 e. The minimum absolute atomic E-state index is 0.182. The average molecular weight is 429 g/mol. The van der Waals surface area contributed by atoms with E-state index < -0.39 is 6.04 Å². The molecule has 3 N–H and O–H groups in total. The van der Waals surface area contributed by atoms with Crippen molar-refractivity contribution in [3.8, 4) is 22.9 Å². The number of thiophene rings is 1. The number of nitrogens with two attached hydrogens (primary N) is 1. The van der Waals surface area contributed by atoms with Gasteiger partial charge in [-0.1, -0.05) is 30.8 Å². The molecule has 1 amide bonds. The molecule has 10 heteroatoms. The van der Waals surface area contributed by atoms with Gasteiger partial charge in [0.2, 0.25) is 11.9 Å². The number of nitrogen functional groups attached to an aromatic ring is 1. The van der Waals surface area contributed by atoms with E-state index in [-0.39, 0.29) is 11.9 Å². The molecule has 1 atom stereocenters. The highest BCUT2D eigenvalue weighted by molar-refractivity contribution is 7.98. The first-order valence-corrected chi connectivity index (χ1v) is 10.9. The quantitative estimate of drug-likeness (QED) is 0.550. The topological polar surface area (TPSA) is 119 Å². The normalized spacial score (nSPS) is 11.7. The third-order valence-electron chi connectivity index (χ3n) is 4.42. The van der Waals surface area contributed by atoms with Crippen LogP contribution in [0.4, 0.5) is 10.9 Å². The maximum Gasteiger partial charge on any atom is 0.248 e. The van der Waals surface area contributed by atoms with Crippen LogP contribution in [0.25, 0.3) is 11.1 Å². The number of benzene rings is 1. The number of nitriles is 1. The molecule has 0 saturated carbocycles. The molecule has 0 bridgehead atoms. The highest BCUT2D eigenvalue weighted by Gasteiger charge is 2.26. The van der Waals surface area contributed by atoms with Crippen molar-refractivity contribution in [1.29, 1.82) is 5.26 Å². The summed E-state index contributed by atoms with van der Waals surface area (Å²) in [5.41, 5.74) is 7.98. The van der Waals surface area contributed by atoms with Crippen molar-refractivity contribution in [2.24, 2.45) is 0 Å². The average Bonchev–Trinajstić information content (AvgIpc) is 3.32. The van der Waals surface area contributed by atoms with Crippen molar-refractivity contribution in [3.05, 3.63) is 35.2 Å². The maximum atomic E-state index is 13.0. The Hall–Kier alpha value is -3.03. The standard InChI is InChI=1S/C19H20N6O2S2/c1-4-15(25-18(21)23-24-19(25)28-3)16(26)22-17-13(9-20)14(10-29-17)11-5-7-12(27-2)8-6-11/h5-8,10,15H,4H2,1-3H3,(H2,21,23)(H,22,26). The molecule has 2 aromatic heterocycles. The number of methoxy groups -OCH3 is 1. The fourth-order valence-corrected chi connectivity index (χ4v) is 4.41. The summed E-state index contributed by atoms with van der Waals surface area (Å²) in [5.74, 6) is 0.647. The van der Waals surface area contributed by atoms with Crippen LogP contribution in [0.15, 0.2) is 34.8 Å². The summed E-state index contributed by atoms with van der Waals surface area (Å²) in [6.07, 6.45) is 2.35. The van der Waals surface area contributed by atoms with Gasteiger partial charge in [0.25, 0.3) is 0 Å². The molecule has 1 unspecified atom stereocenters. The fraction of sp³-hybridized carbons (Fsp3) is 0.263. The van der Waals surface area contributed by atoms with Crippen molar-refractivity contribution in [3.63, 3.8) is 0 Å². The molecule has 0 aliphatic carbocycles. The first-order valence-electron chi connectivity index (χ1n) is 8.75. The third-order valence-corrected chi connectivity index (χ3v) is 5.95. The minimum Gasteiger partial charge on any atom is -0.497 e.